The van der Waals surface area contributed by atoms with Gasteiger partial charge in [0, 0.05) is 36.8 Å². The largest absolute Gasteiger partial charge is 0.389 e. The molecule has 1 saturated heterocycles. The summed E-state index contributed by atoms with van der Waals surface area (Å²) < 4.78 is 36.6. The zero-order valence-electron chi connectivity index (χ0n) is 15.6. The van der Waals surface area contributed by atoms with Gasteiger partial charge in [0.1, 0.15) is 0 Å². The number of para-hydroxylation sites is 1. The molecular weight excluding hydrogens is 375 g/mol. The molecule has 0 aromatic heterocycles. The normalized spacial score (nSPS) is 16.0. The number of halogens is 3. The molecular formula is C19H24F3N3O3. The first-order chi connectivity index (χ1) is 13.2. The van der Waals surface area contributed by atoms with Crippen molar-refractivity contribution in [3.8, 4) is 0 Å². The zero-order valence-corrected chi connectivity index (χ0v) is 15.6. The fourth-order valence-electron chi connectivity index (χ4n) is 3.10. The maximum Gasteiger partial charge on any atom is 0.389 e. The molecule has 2 amide bonds. The number of piperidine rings is 1. The molecule has 6 nitrogen and oxygen atoms in total. The zero-order chi connectivity index (χ0) is 20.7. The number of carbonyl (C=O) groups excluding carboxylic acids is 2. The number of nitrogens with one attached hydrogen (secondary N) is 2. The fourth-order valence-corrected chi connectivity index (χ4v) is 3.10. The second-order valence-electron chi connectivity index (χ2n) is 6.77. The summed E-state index contributed by atoms with van der Waals surface area (Å²) in [5.74, 6) is -1.17. The third-order valence-electron chi connectivity index (χ3n) is 4.60. The van der Waals surface area contributed by atoms with Gasteiger partial charge in [0.25, 0.3) is 5.91 Å². The van der Waals surface area contributed by atoms with Crippen LogP contribution in [0.1, 0.15) is 38.2 Å². The van der Waals surface area contributed by atoms with Crippen molar-refractivity contribution in [1.82, 2.24) is 10.8 Å². The van der Waals surface area contributed by atoms with Crippen LogP contribution in [-0.4, -0.2) is 42.3 Å². The van der Waals surface area contributed by atoms with Crippen molar-refractivity contribution in [2.45, 2.75) is 44.8 Å². The van der Waals surface area contributed by atoms with Crippen LogP contribution >= 0.6 is 0 Å². The monoisotopic (exact) mass is 399 g/mol. The number of hydrogen-bond donors (Lipinski definition) is 3. The van der Waals surface area contributed by atoms with Crippen LogP contribution in [0.3, 0.4) is 0 Å². The van der Waals surface area contributed by atoms with E-state index in [0.717, 1.165) is 11.3 Å². The third kappa shape index (κ3) is 6.56. The number of hydroxylamine groups is 1. The molecule has 1 aliphatic rings. The molecule has 154 valence electrons. The number of alkyl halides is 3. The topological polar surface area (TPSA) is 81.7 Å². The standard InChI is InChI=1S/C19H24F3N3O3/c1-13(18(27)24-28)12-14-4-2-3-5-16(14)25-10-7-15(8-11-25)23-17(26)6-9-19(20,21)22/h2-5,12,15,28H,6-11H2,1H3,(H,23,26)(H,24,27)/b13-12+. The summed E-state index contributed by atoms with van der Waals surface area (Å²) in [7, 11) is 0. The van der Waals surface area contributed by atoms with Gasteiger partial charge in [0.05, 0.1) is 6.42 Å². The minimum atomic E-state index is -4.33. The molecule has 0 bridgehead atoms. The molecule has 0 radical (unpaired) electrons. The average molecular weight is 399 g/mol. The minimum Gasteiger partial charge on any atom is -0.371 e. The van der Waals surface area contributed by atoms with Crippen LogP contribution in [0.25, 0.3) is 6.08 Å². The van der Waals surface area contributed by atoms with Crippen molar-refractivity contribution in [2.24, 2.45) is 0 Å². The van der Waals surface area contributed by atoms with Crippen molar-refractivity contribution in [3.05, 3.63) is 35.4 Å². The minimum absolute atomic E-state index is 0.151. The first-order valence-corrected chi connectivity index (χ1v) is 9.02. The van der Waals surface area contributed by atoms with E-state index in [1.54, 1.807) is 18.5 Å². The lowest BCUT2D eigenvalue weighted by atomic mass is 10.0. The number of hydrogen-bond acceptors (Lipinski definition) is 4. The van der Waals surface area contributed by atoms with E-state index >= 15 is 0 Å². The van der Waals surface area contributed by atoms with E-state index in [2.05, 4.69) is 10.2 Å². The molecule has 2 rings (SSSR count). The predicted molar refractivity (Wildman–Crippen MR) is 98.7 cm³/mol. The summed E-state index contributed by atoms with van der Waals surface area (Å²) in [6.07, 6.45) is -3.09. The molecule has 28 heavy (non-hydrogen) atoms. The lowest BCUT2D eigenvalue weighted by molar-refractivity contribution is -0.144. The Kier molecular flexibility index (Phi) is 7.45. The smallest absolute Gasteiger partial charge is 0.371 e. The van der Waals surface area contributed by atoms with Crippen LogP contribution in [-0.2, 0) is 9.59 Å². The number of amides is 2. The van der Waals surface area contributed by atoms with Crippen LogP contribution in [0.4, 0.5) is 18.9 Å². The molecule has 3 N–H and O–H groups in total. The van der Waals surface area contributed by atoms with Gasteiger partial charge in [-0.25, -0.2) is 5.48 Å². The van der Waals surface area contributed by atoms with E-state index in [9.17, 15) is 22.8 Å². The molecule has 1 aromatic carbocycles. The van der Waals surface area contributed by atoms with Gasteiger partial charge >= 0.3 is 6.18 Å². The van der Waals surface area contributed by atoms with Crippen LogP contribution in [0.2, 0.25) is 0 Å². The quantitative estimate of drug-likeness (QED) is 0.390. The summed E-state index contributed by atoms with van der Waals surface area (Å²) >= 11 is 0. The Labute approximate surface area is 161 Å². The van der Waals surface area contributed by atoms with E-state index < -0.39 is 30.8 Å². The molecule has 0 spiro atoms. The SMILES string of the molecule is C/C(=C\c1ccccc1N1CCC(NC(=O)CCC(F)(F)F)CC1)C(=O)NO. The van der Waals surface area contributed by atoms with Gasteiger partial charge in [-0.1, -0.05) is 18.2 Å². The lowest BCUT2D eigenvalue weighted by Crippen LogP contribution is -2.45. The highest BCUT2D eigenvalue weighted by Gasteiger charge is 2.29. The number of nitrogens with zero attached hydrogens (tertiary/aromatic N) is 1. The van der Waals surface area contributed by atoms with Gasteiger partial charge in [-0.05, 0) is 37.5 Å². The molecule has 1 fully saturated rings. The molecule has 0 atom stereocenters. The van der Waals surface area contributed by atoms with E-state index in [-0.39, 0.29) is 6.04 Å². The summed E-state index contributed by atoms with van der Waals surface area (Å²) in [4.78, 5) is 25.3. The van der Waals surface area contributed by atoms with Gasteiger partial charge in [-0.2, -0.15) is 13.2 Å². The van der Waals surface area contributed by atoms with E-state index in [1.807, 2.05) is 24.3 Å². The van der Waals surface area contributed by atoms with Gasteiger partial charge in [0.2, 0.25) is 5.91 Å². The van der Waals surface area contributed by atoms with E-state index in [0.29, 0.717) is 31.5 Å². The van der Waals surface area contributed by atoms with Gasteiger partial charge in [0.15, 0.2) is 0 Å². The predicted octanol–water partition coefficient (Wildman–Crippen LogP) is 3.02. The molecule has 0 saturated carbocycles. The average Bonchev–Trinajstić information content (AvgIpc) is 2.66. The number of anilines is 1. The van der Waals surface area contributed by atoms with Crippen molar-refractivity contribution < 1.29 is 28.0 Å². The highest BCUT2D eigenvalue weighted by molar-refractivity contribution is 5.97. The summed E-state index contributed by atoms with van der Waals surface area (Å²) in [5.41, 5.74) is 3.67. The Morgan fingerprint density at radius 2 is 1.89 bits per heavy atom. The summed E-state index contributed by atoms with van der Waals surface area (Å²) in [6, 6.07) is 7.33. The highest BCUT2D eigenvalue weighted by atomic mass is 19.4. The fraction of sp³-hybridized carbons (Fsp3) is 0.474. The van der Waals surface area contributed by atoms with Crippen LogP contribution in [0, 0.1) is 0 Å². The summed E-state index contributed by atoms with van der Waals surface area (Å²) in [5, 5.41) is 11.4. The van der Waals surface area contributed by atoms with Crippen LogP contribution in [0.15, 0.2) is 29.8 Å². The number of benzene rings is 1. The van der Waals surface area contributed by atoms with E-state index in [4.69, 9.17) is 5.21 Å². The second kappa shape index (κ2) is 9.59. The van der Waals surface area contributed by atoms with Crippen LogP contribution < -0.4 is 15.7 Å². The first kappa shape index (κ1) is 21.7. The maximum absolute atomic E-state index is 12.2. The maximum atomic E-state index is 12.2. The van der Waals surface area contributed by atoms with Crippen molar-refractivity contribution in [1.29, 1.82) is 0 Å². The van der Waals surface area contributed by atoms with Gasteiger partial charge in [-0.3, -0.25) is 14.8 Å². The summed E-state index contributed by atoms with van der Waals surface area (Å²) in [6.45, 7) is 2.84. The van der Waals surface area contributed by atoms with E-state index in [1.165, 1.54) is 0 Å². The Hall–Kier alpha value is -2.55. The van der Waals surface area contributed by atoms with Crippen molar-refractivity contribution in [2.75, 3.05) is 18.0 Å². The second-order valence-corrected chi connectivity index (χ2v) is 6.77. The molecule has 1 heterocycles. The molecule has 0 unspecified atom stereocenters. The van der Waals surface area contributed by atoms with Crippen LogP contribution in [0.5, 0.6) is 0 Å². The van der Waals surface area contributed by atoms with Crippen molar-refractivity contribution in [3.63, 3.8) is 0 Å². The molecule has 1 aliphatic heterocycles. The molecule has 9 heteroatoms. The number of carbonyl (C=O) groups is 2. The highest BCUT2D eigenvalue weighted by Crippen LogP contribution is 2.26. The van der Waals surface area contributed by atoms with Crippen molar-refractivity contribution >= 4 is 23.6 Å². The Morgan fingerprint density at radius 3 is 2.50 bits per heavy atom. The van der Waals surface area contributed by atoms with Gasteiger partial charge in [-0.15, -0.1) is 0 Å². The Morgan fingerprint density at radius 1 is 1.25 bits per heavy atom. The van der Waals surface area contributed by atoms with Gasteiger partial charge < -0.3 is 10.2 Å². The molecule has 0 aliphatic carbocycles. The Balaban J connectivity index is 1.95. The molecule has 1 aromatic rings. The Bertz CT molecular complexity index is 727. The lowest BCUT2D eigenvalue weighted by Gasteiger charge is -2.35. The third-order valence-corrected chi connectivity index (χ3v) is 4.60. The number of rotatable bonds is 6. The first-order valence-electron chi connectivity index (χ1n) is 9.02.